The van der Waals surface area contributed by atoms with Crippen LogP contribution in [0.5, 0.6) is 0 Å². The summed E-state index contributed by atoms with van der Waals surface area (Å²) >= 11 is 0. The summed E-state index contributed by atoms with van der Waals surface area (Å²) in [5.41, 5.74) is 3.25. The molecule has 2 rings (SSSR count). The average molecular weight is 283 g/mol. The highest BCUT2D eigenvalue weighted by Crippen LogP contribution is 2.29. The molecule has 2 aromatic rings. The fraction of sp³-hybridized carbons (Fsp3) is 0.333. The van der Waals surface area contributed by atoms with Gasteiger partial charge in [-0.2, -0.15) is 0 Å². The van der Waals surface area contributed by atoms with Gasteiger partial charge in [0.05, 0.1) is 12.2 Å². The number of aromatic nitrogens is 1. The monoisotopic (exact) mass is 283 g/mol. The van der Waals surface area contributed by atoms with Gasteiger partial charge in [0.25, 0.3) is 0 Å². The van der Waals surface area contributed by atoms with Crippen molar-refractivity contribution in [3.8, 4) is 11.1 Å². The number of pyridine rings is 1. The van der Waals surface area contributed by atoms with Crippen molar-refractivity contribution in [2.45, 2.75) is 33.1 Å². The molecule has 0 bridgehead atoms. The lowest BCUT2D eigenvalue weighted by Gasteiger charge is -2.20. The number of carbonyl (C=O) groups excluding carboxylic acids is 1. The van der Waals surface area contributed by atoms with Crippen LogP contribution < -0.4 is 0 Å². The van der Waals surface area contributed by atoms with E-state index in [1.165, 1.54) is 0 Å². The highest BCUT2D eigenvalue weighted by molar-refractivity contribution is 5.97. The molecule has 0 N–H and O–H groups in total. The van der Waals surface area contributed by atoms with Gasteiger partial charge in [0.15, 0.2) is 0 Å². The maximum absolute atomic E-state index is 12.1. The van der Waals surface area contributed by atoms with Crippen LogP contribution in [0.3, 0.4) is 0 Å². The molecule has 3 nitrogen and oxygen atoms in total. The molecule has 110 valence electrons. The zero-order chi connectivity index (χ0) is 15.5. The molecule has 21 heavy (non-hydrogen) atoms. The van der Waals surface area contributed by atoms with Crippen molar-refractivity contribution in [3.63, 3.8) is 0 Å². The van der Waals surface area contributed by atoms with Crippen molar-refractivity contribution < 1.29 is 9.53 Å². The first-order valence-corrected chi connectivity index (χ1v) is 7.16. The smallest absolute Gasteiger partial charge is 0.340 e. The normalized spacial score (nSPS) is 11.2. The Kier molecular flexibility index (Phi) is 4.41. The zero-order valence-electron chi connectivity index (χ0n) is 13.0. The summed E-state index contributed by atoms with van der Waals surface area (Å²) in [5, 5.41) is 0. The van der Waals surface area contributed by atoms with Gasteiger partial charge >= 0.3 is 5.97 Å². The van der Waals surface area contributed by atoms with E-state index in [2.05, 4.69) is 25.8 Å². The molecule has 0 radical (unpaired) electrons. The van der Waals surface area contributed by atoms with Crippen LogP contribution in [0.15, 0.2) is 42.6 Å². The van der Waals surface area contributed by atoms with Crippen molar-refractivity contribution >= 4 is 5.97 Å². The molecule has 0 amide bonds. The van der Waals surface area contributed by atoms with Crippen LogP contribution >= 0.6 is 0 Å². The van der Waals surface area contributed by atoms with Crippen LogP contribution in [0.1, 0.15) is 43.7 Å². The second-order valence-electron chi connectivity index (χ2n) is 5.95. The number of ether oxygens (including phenoxy) is 1. The molecule has 0 fully saturated rings. The van der Waals surface area contributed by atoms with Crippen molar-refractivity contribution in [2.24, 2.45) is 0 Å². The van der Waals surface area contributed by atoms with Gasteiger partial charge in [0.1, 0.15) is 0 Å². The van der Waals surface area contributed by atoms with Crippen molar-refractivity contribution in [3.05, 3.63) is 53.9 Å². The SMILES string of the molecule is CCOC(=O)c1cnc(C(C)(C)C)cc1-c1ccccc1. The van der Waals surface area contributed by atoms with Crippen molar-refractivity contribution in [2.75, 3.05) is 6.61 Å². The van der Waals surface area contributed by atoms with Crippen LogP contribution in [0.4, 0.5) is 0 Å². The molecule has 1 heterocycles. The molecule has 0 atom stereocenters. The Morgan fingerprint density at radius 1 is 1.19 bits per heavy atom. The van der Waals surface area contributed by atoms with E-state index in [0.29, 0.717) is 12.2 Å². The molecule has 0 spiro atoms. The second-order valence-corrected chi connectivity index (χ2v) is 5.95. The van der Waals surface area contributed by atoms with Gasteiger partial charge in [0, 0.05) is 17.3 Å². The molecule has 0 saturated heterocycles. The molecule has 1 aromatic heterocycles. The maximum atomic E-state index is 12.1. The van der Waals surface area contributed by atoms with E-state index in [-0.39, 0.29) is 11.4 Å². The molecular formula is C18H21NO2. The summed E-state index contributed by atoms with van der Waals surface area (Å²) in [4.78, 5) is 16.6. The van der Waals surface area contributed by atoms with Crippen LogP contribution in [0, 0.1) is 0 Å². The number of rotatable bonds is 3. The number of hydrogen-bond donors (Lipinski definition) is 0. The fourth-order valence-corrected chi connectivity index (χ4v) is 2.09. The van der Waals surface area contributed by atoms with Gasteiger partial charge < -0.3 is 4.74 Å². The second kappa shape index (κ2) is 6.08. The number of nitrogens with zero attached hydrogens (tertiary/aromatic N) is 1. The molecule has 3 heteroatoms. The summed E-state index contributed by atoms with van der Waals surface area (Å²) in [5.74, 6) is -0.329. The summed E-state index contributed by atoms with van der Waals surface area (Å²) in [6.07, 6.45) is 1.63. The molecule has 0 aliphatic rings. The summed E-state index contributed by atoms with van der Waals surface area (Å²) < 4.78 is 5.14. The summed E-state index contributed by atoms with van der Waals surface area (Å²) in [7, 11) is 0. The zero-order valence-corrected chi connectivity index (χ0v) is 13.0. The van der Waals surface area contributed by atoms with E-state index in [1.807, 2.05) is 36.4 Å². The third-order valence-electron chi connectivity index (χ3n) is 3.25. The van der Waals surface area contributed by atoms with Crippen LogP contribution in [-0.2, 0) is 10.2 Å². The Morgan fingerprint density at radius 2 is 1.86 bits per heavy atom. The van der Waals surface area contributed by atoms with Crippen LogP contribution in [0.2, 0.25) is 0 Å². The Balaban J connectivity index is 2.59. The van der Waals surface area contributed by atoms with Gasteiger partial charge in [-0.05, 0) is 24.1 Å². The third kappa shape index (κ3) is 3.48. The number of benzene rings is 1. The average Bonchev–Trinajstić information content (AvgIpc) is 2.47. The van der Waals surface area contributed by atoms with Gasteiger partial charge in [-0.3, -0.25) is 4.98 Å². The lowest BCUT2D eigenvalue weighted by molar-refractivity contribution is 0.0526. The van der Waals surface area contributed by atoms with Gasteiger partial charge in [-0.1, -0.05) is 51.1 Å². The Morgan fingerprint density at radius 3 is 2.43 bits per heavy atom. The van der Waals surface area contributed by atoms with E-state index in [4.69, 9.17) is 4.74 Å². The minimum atomic E-state index is -0.329. The predicted molar refractivity (Wildman–Crippen MR) is 84.3 cm³/mol. The van der Waals surface area contributed by atoms with Crippen LogP contribution in [0.25, 0.3) is 11.1 Å². The molecular weight excluding hydrogens is 262 g/mol. The van der Waals surface area contributed by atoms with Gasteiger partial charge in [-0.25, -0.2) is 4.79 Å². The number of carbonyl (C=O) groups is 1. The summed E-state index contributed by atoms with van der Waals surface area (Å²) in [6, 6.07) is 11.8. The third-order valence-corrected chi connectivity index (χ3v) is 3.25. The minimum Gasteiger partial charge on any atom is -0.462 e. The largest absolute Gasteiger partial charge is 0.462 e. The minimum absolute atomic E-state index is 0.0727. The maximum Gasteiger partial charge on any atom is 0.340 e. The Hall–Kier alpha value is -2.16. The van der Waals surface area contributed by atoms with Gasteiger partial charge in [0.2, 0.25) is 0 Å². The van der Waals surface area contributed by atoms with Gasteiger partial charge in [-0.15, -0.1) is 0 Å². The first-order valence-electron chi connectivity index (χ1n) is 7.16. The van der Waals surface area contributed by atoms with E-state index in [0.717, 1.165) is 16.8 Å². The quantitative estimate of drug-likeness (QED) is 0.792. The molecule has 0 saturated carbocycles. The first kappa shape index (κ1) is 15.2. The summed E-state index contributed by atoms with van der Waals surface area (Å²) in [6.45, 7) is 8.47. The lowest BCUT2D eigenvalue weighted by atomic mass is 9.89. The molecule has 0 aliphatic carbocycles. The van der Waals surface area contributed by atoms with Crippen LogP contribution in [-0.4, -0.2) is 17.6 Å². The van der Waals surface area contributed by atoms with E-state index < -0.39 is 0 Å². The van der Waals surface area contributed by atoms with Crippen molar-refractivity contribution in [1.82, 2.24) is 4.98 Å². The lowest BCUT2D eigenvalue weighted by Crippen LogP contribution is -2.15. The molecule has 0 unspecified atom stereocenters. The van der Waals surface area contributed by atoms with E-state index in [1.54, 1.807) is 13.1 Å². The first-order chi connectivity index (χ1) is 9.93. The molecule has 1 aromatic carbocycles. The topological polar surface area (TPSA) is 39.2 Å². The Labute approximate surface area is 126 Å². The molecule has 0 aliphatic heterocycles. The number of hydrogen-bond acceptors (Lipinski definition) is 3. The van der Waals surface area contributed by atoms with E-state index >= 15 is 0 Å². The van der Waals surface area contributed by atoms with E-state index in [9.17, 15) is 4.79 Å². The predicted octanol–water partition coefficient (Wildman–Crippen LogP) is 4.22. The standard InChI is InChI=1S/C18H21NO2/c1-5-21-17(20)15-12-19-16(18(2,3)4)11-14(15)13-9-7-6-8-10-13/h6-12H,5H2,1-4H3. The number of esters is 1. The Bertz CT molecular complexity index is 627. The highest BCUT2D eigenvalue weighted by atomic mass is 16.5. The van der Waals surface area contributed by atoms with Crippen molar-refractivity contribution in [1.29, 1.82) is 0 Å². The fourth-order valence-electron chi connectivity index (χ4n) is 2.09. The highest BCUT2D eigenvalue weighted by Gasteiger charge is 2.21.